The van der Waals surface area contributed by atoms with Crippen LogP contribution in [0.5, 0.6) is 0 Å². The lowest BCUT2D eigenvalue weighted by atomic mass is 10.3. The zero-order chi connectivity index (χ0) is 9.84. The Bertz CT molecular complexity index is 292. The third-order valence-electron chi connectivity index (χ3n) is 1.68. The van der Waals surface area contributed by atoms with E-state index in [0.717, 1.165) is 10.7 Å². The molecule has 0 amide bonds. The van der Waals surface area contributed by atoms with Crippen molar-refractivity contribution in [2.24, 2.45) is 0 Å². The molecule has 0 aromatic heterocycles. The Labute approximate surface area is 88.6 Å². The Morgan fingerprint density at radius 1 is 1.38 bits per heavy atom. The zero-order valence-electron chi connectivity index (χ0n) is 7.43. The van der Waals surface area contributed by atoms with Gasteiger partial charge in [0.15, 0.2) is 0 Å². The third-order valence-corrected chi connectivity index (χ3v) is 2.05. The van der Waals surface area contributed by atoms with Crippen LogP contribution in [-0.4, -0.2) is 13.6 Å². The highest BCUT2D eigenvalue weighted by atomic mass is 35.5. The average molecular weight is 216 g/mol. The first-order valence-corrected chi connectivity index (χ1v) is 4.65. The van der Waals surface area contributed by atoms with Gasteiger partial charge in [0, 0.05) is 22.8 Å². The van der Waals surface area contributed by atoms with Crippen molar-refractivity contribution in [3.05, 3.63) is 40.9 Å². The Morgan fingerprint density at radius 3 is 2.38 bits per heavy atom. The zero-order valence-corrected chi connectivity index (χ0v) is 8.94. The molecule has 0 atom stereocenters. The van der Waals surface area contributed by atoms with Gasteiger partial charge in [0.25, 0.3) is 0 Å². The number of nitrogens with zero attached hydrogens (tertiary/aromatic N) is 1. The first-order valence-electron chi connectivity index (χ1n) is 3.89. The van der Waals surface area contributed by atoms with Crippen LogP contribution in [0, 0.1) is 0 Å². The first kappa shape index (κ1) is 10.4. The molecule has 0 aliphatic carbocycles. The lowest BCUT2D eigenvalue weighted by Gasteiger charge is -2.18. The fraction of sp³-hybridized carbons (Fsp3) is 0.200. The number of benzene rings is 1. The van der Waals surface area contributed by atoms with E-state index in [2.05, 4.69) is 6.58 Å². The largest absolute Gasteiger partial charge is 0.369 e. The van der Waals surface area contributed by atoms with Crippen LogP contribution < -0.4 is 4.90 Å². The summed E-state index contributed by atoms with van der Waals surface area (Å²) in [5, 5.41) is 1.36. The summed E-state index contributed by atoms with van der Waals surface area (Å²) in [5.74, 6) is 0. The van der Waals surface area contributed by atoms with Crippen LogP contribution in [0.15, 0.2) is 35.9 Å². The number of hydrogen-bond donors (Lipinski definition) is 0. The van der Waals surface area contributed by atoms with Crippen LogP contribution in [0.1, 0.15) is 0 Å². The summed E-state index contributed by atoms with van der Waals surface area (Å²) in [6.45, 7) is 4.28. The van der Waals surface area contributed by atoms with Gasteiger partial charge in [0.2, 0.25) is 0 Å². The van der Waals surface area contributed by atoms with Crippen molar-refractivity contribution in [3.63, 3.8) is 0 Å². The Hall–Kier alpha value is -0.660. The minimum absolute atomic E-state index is 0.623. The third kappa shape index (κ3) is 3.29. The van der Waals surface area contributed by atoms with Crippen LogP contribution in [-0.2, 0) is 0 Å². The molecule has 0 aliphatic rings. The summed E-state index contributed by atoms with van der Waals surface area (Å²) in [6, 6.07) is 7.60. The van der Waals surface area contributed by atoms with Crippen LogP contribution in [0.25, 0.3) is 0 Å². The van der Waals surface area contributed by atoms with Crippen molar-refractivity contribution in [1.82, 2.24) is 0 Å². The molecular formula is C10H11Cl2N. The van der Waals surface area contributed by atoms with Crippen LogP contribution in [0.4, 0.5) is 5.69 Å². The van der Waals surface area contributed by atoms with Gasteiger partial charge in [0.05, 0.1) is 6.54 Å². The van der Waals surface area contributed by atoms with Gasteiger partial charge >= 0.3 is 0 Å². The van der Waals surface area contributed by atoms with E-state index in [1.165, 1.54) is 0 Å². The molecule has 70 valence electrons. The fourth-order valence-corrected chi connectivity index (χ4v) is 1.35. The Balaban J connectivity index is 2.71. The normalized spacial score (nSPS) is 9.77. The maximum absolute atomic E-state index is 5.76. The lowest BCUT2D eigenvalue weighted by Crippen LogP contribution is -2.18. The summed E-state index contributed by atoms with van der Waals surface area (Å²) in [4.78, 5) is 2.01. The van der Waals surface area contributed by atoms with E-state index in [0.29, 0.717) is 11.6 Å². The van der Waals surface area contributed by atoms with E-state index in [9.17, 15) is 0 Å². The molecule has 1 aromatic carbocycles. The van der Waals surface area contributed by atoms with Crippen molar-refractivity contribution in [1.29, 1.82) is 0 Å². The van der Waals surface area contributed by atoms with E-state index in [1.807, 2.05) is 36.2 Å². The van der Waals surface area contributed by atoms with E-state index >= 15 is 0 Å². The Kier molecular flexibility index (Phi) is 3.64. The smallest absolute Gasteiger partial charge is 0.0527 e. The molecule has 0 bridgehead atoms. The van der Waals surface area contributed by atoms with Gasteiger partial charge < -0.3 is 4.90 Å². The van der Waals surface area contributed by atoms with Crippen molar-refractivity contribution < 1.29 is 0 Å². The fourth-order valence-electron chi connectivity index (χ4n) is 1.04. The molecule has 0 saturated heterocycles. The second-order valence-electron chi connectivity index (χ2n) is 2.85. The van der Waals surface area contributed by atoms with Gasteiger partial charge in [0.1, 0.15) is 0 Å². The number of likely N-dealkylation sites (N-methyl/N-ethyl adjacent to an activating group) is 1. The molecule has 0 heterocycles. The van der Waals surface area contributed by atoms with Gasteiger partial charge in [-0.05, 0) is 24.3 Å². The van der Waals surface area contributed by atoms with E-state index in [4.69, 9.17) is 23.2 Å². The molecular weight excluding hydrogens is 205 g/mol. The first-order chi connectivity index (χ1) is 6.09. The van der Waals surface area contributed by atoms with Crippen molar-refractivity contribution in [2.45, 2.75) is 0 Å². The summed E-state index contributed by atoms with van der Waals surface area (Å²) in [5.41, 5.74) is 1.08. The molecule has 0 saturated carbocycles. The maximum Gasteiger partial charge on any atom is 0.0527 e. The maximum atomic E-state index is 5.76. The van der Waals surface area contributed by atoms with Crippen LogP contribution in [0.2, 0.25) is 5.02 Å². The molecule has 0 unspecified atom stereocenters. The van der Waals surface area contributed by atoms with Gasteiger partial charge in [-0.15, -0.1) is 0 Å². The number of hydrogen-bond acceptors (Lipinski definition) is 1. The summed E-state index contributed by atoms with van der Waals surface area (Å²) in [6.07, 6.45) is 0. The molecule has 0 spiro atoms. The van der Waals surface area contributed by atoms with Gasteiger partial charge in [-0.3, -0.25) is 0 Å². The quantitative estimate of drug-likeness (QED) is 0.746. The molecule has 1 aromatic rings. The van der Waals surface area contributed by atoms with E-state index in [1.54, 1.807) is 0 Å². The molecule has 0 radical (unpaired) electrons. The highest BCUT2D eigenvalue weighted by Gasteiger charge is 2.00. The average Bonchev–Trinajstić information content (AvgIpc) is 2.04. The molecule has 3 heteroatoms. The summed E-state index contributed by atoms with van der Waals surface area (Å²) < 4.78 is 0. The number of anilines is 1. The SMILES string of the molecule is C=C(Cl)CN(C)c1ccc(Cl)cc1. The second kappa shape index (κ2) is 4.54. The highest BCUT2D eigenvalue weighted by Crippen LogP contribution is 2.17. The lowest BCUT2D eigenvalue weighted by molar-refractivity contribution is 1.02. The topological polar surface area (TPSA) is 3.24 Å². The predicted octanol–water partition coefficient (Wildman–Crippen LogP) is 3.53. The van der Waals surface area contributed by atoms with E-state index < -0.39 is 0 Å². The van der Waals surface area contributed by atoms with Gasteiger partial charge in [-0.2, -0.15) is 0 Å². The number of rotatable bonds is 3. The molecule has 0 fully saturated rings. The molecule has 0 aliphatic heterocycles. The van der Waals surface area contributed by atoms with Crippen LogP contribution >= 0.6 is 23.2 Å². The number of halogens is 2. The summed E-state index contributed by atoms with van der Waals surface area (Å²) >= 11 is 11.5. The molecule has 13 heavy (non-hydrogen) atoms. The predicted molar refractivity (Wildman–Crippen MR) is 59.7 cm³/mol. The van der Waals surface area contributed by atoms with Crippen molar-refractivity contribution in [3.8, 4) is 0 Å². The Morgan fingerprint density at radius 2 is 1.92 bits per heavy atom. The standard InChI is InChI=1S/C10H11Cl2N/c1-8(11)7-13(2)10-5-3-9(12)4-6-10/h3-6H,1,7H2,2H3. The monoisotopic (exact) mass is 215 g/mol. The van der Waals surface area contributed by atoms with Gasteiger partial charge in [-0.1, -0.05) is 29.8 Å². The highest BCUT2D eigenvalue weighted by molar-refractivity contribution is 6.30. The minimum atomic E-state index is 0.623. The van der Waals surface area contributed by atoms with Gasteiger partial charge in [-0.25, -0.2) is 0 Å². The molecule has 0 N–H and O–H groups in total. The van der Waals surface area contributed by atoms with Crippen molar-refractivity contribution >= 4 is 28.9 Å². The summed E-state index contributed by atoms with van der Waals surface area (Å²) in [7, 11) is 1.96. The molecule has 1 rings (SSSR count). The van der Waals surface area contributed by atoms with Crippen LogP contribution in [0.3, 0.4) is 0 Å². The molecule has 1 nitrogen and oxygen atoms in total. The van der Waals surface area contributed by atoms with Crippen molar-refractivity contribution in [2.75, 3.05) is 18.5 Å². The second-order valence-corrected chi connectivity index (χ2v) is 3.82. The van der Waals surface area contributed by atoms with E-state index in [-0.39, 0.29) is 0 Å². The minimum Gasteiger partial charge on any atom is -0.369 e.